The topological polar surface area (TPSA) is 53.2 Å². The van der Waals surface area contributed by atoms with Crippen molar-refractivity contribution in [3.8, 4) is 0 Å². The SMILES string of the molecule is CC1=C(C(=O)Nc2ccc(F)c(F)c2)[C@H](c2ccc(Cl)cc2Cl)NC(=S)N1. The van der Waals surface area contributed by atoms with Crippen molar-refractivity contribution < 1.29 is 13.6 Å². The highest BCUT2D eigenvalue weighted by atomic mass is 35.5. The molecule has 9 heteroatoms. The summed E-state index contributed by atoms with van der Waals surface area (Å²) in [6.07, 6.45) is 0. The Balaban J connectivity index is 1.98. The van der Waals surface area contributed by atoms with Gasteiger partial charge in [0.05, 0.1) is 11.6 Å². The number of hydrogen-bond acceptors (Lipinski definition) is 2. The lowest BCUT2D eigenvalue weighted by molar-refractivity contribution is -0.113. The average molecular weight is 428 g/mol. The highest BCUT2D eigenvalue weighted by Gasteiger charge is 2.31. The minimum atomic E-state index is -1.06. The molecule has 2 aromatic carbocycles. The molecule has 27 heavy (non-hydrogen) atoms. The van der Waals surface area contributed by atoms with Gasteiger partial charge in [-0.25, -0.2) is 8.78 Å². The lowest BCUT2D eigenvalue weighted by Crippen LogP contribution is -2.45. The molecule has 2 aromatic rings. The number of rotatable bonds is 3. The maximum absolute atomic E-state index is 13.4. The molecule has 0 saturated heterocycles. The van der Waals surface area contributed by atoms with E-state index in [2.05, 4.69) is 16.0 Å². The van der Waals surface area contributed by atoms with Crippen molar-refractivity contribution in [1.82, 2.24) is 10.6 Å². The standard InChI is InChI=1S/C18H13Cl2F2N3OS/c1-8-15(17(26)24-10-3-5-13(21)14(22)7-10)16(25-18(27)23-8)11-4-2-9(19)6-12(11)20/h2-7,16H,1H3,(H,24,26)(H2,23,25,27)/t16-/m0/s1. The van der Waals surface area contributed by atoms with Crippen molar-refractivity contribution in [2.45, 2.75) is 13.0 Å². The Morgan fingerprint density at radius 3 is 2.56 bits per heavy atom. The zero-order chi connectivity index (χ0) is 19.7. The lowest BCUT2D eigenvalue weighted by Gasteiger charge is -2.31. The molecule has 0 spiro atoms. The number of carbonyl (C=O) groups is 1. The van der Waals surface area contributed by atoms with Gasteiger partial charge in [0.1, 0.15) is 0 Å². The van der Waals surface area contributed by atoms with Gasteiger partial charge in [-0.1, -0.05) is 29.3 Å². The Hall–Kier alpha value is -2.22. The molecule has 140 valence electrons. The van der Waals surface area contributed by atoms with Gasteiger partial charge in [0.25, 0.3) is 5.91 Å². The van der Waals surface area contributed by atoms with E-state index in [4.69, 9.17) is 35.4 Å². The summed E-state index contributed by atoms with van der Waals surface area (Å²) >= 11 is 17.4. The predicted octanol–water partition coefficient (Wildman–Crippen LogP) is 4.70. The number of carbonyl (C=O) groups excluding carboxylic acids is 1. The number of anilines is 1. The molecule has 0 saturated carbocycles. The van der Waals surface area contributed by atoms with E-state index < -0.39 is 23.6 Å². The smallest absolute Gasteiger partial charge is 0.255 e. The van der Waals surface area contributed by atoms with Gasteiger partial charge in [0.15, 0.2) is 16.7 Å². The molecule has 1 amide bonds. The number of benzene rings is 2. The summed E-state index contributed by atoms with van der Waals surface area (Å²) in [5.74, 6) is -2.57. The summed E-state index contributed by atoms with van der Waals surface area (Å²) in [5, 5.41) is 9.58. The molecule has 0 fully saturated rings. The van der Waals surface area contributed by atoms with Crippen LogP contribution in [0.3, 0.4) is 0 Å². The molecule has 0 aromatic heterocycles. The Kier molecular flexibility index (Phi) is 5.64. The number of allylic oxidation sites excluding steroid dienone is 1. The second-order valence-electron chi connectivity index (χ2n) is 5.82. The van der Waals surface area contributed by atoms with Gasteiger partial charge in [-0.15, -0.1) is 0 Å². The summed E-state index contributed by atoms with van der Waals surface area (Å²) in [6, 6.07) is 7.36. The van der Waals surface area contributed by atoms with Crippen LogP contribution in [-0.4, -0.2) is 11.0 Å². The number of thiocarbonyl (C=S) groups is 1. The molecule has 0 radical (unpaired) electrons. The van der Waals surface area contributed by atoms with Gasteiger partial charge in [-0.2, -0.15) is 0 Å². The van der Waals surface area contributed by atoms with E-state index in [1.807, 2.05) is 0 Å². The maximum Gasteiger partial charge on any atom is 0.255 e. The monoisotopic (exact) mass is 427 g/mol. The third-order valence-electron chi connectivity index (χ3n) is 3.96. The first-order valence-electron chi connectivity index (χ1n) is 7.76. The zero-order valence-corrected chi connectivity index (χ0v) is 16.2. The van der Waals surface area contributed by atoms with Crippen LogP contribution >= 0.6 is 35.4 Å². The summed E-state index contributed by atoms with van der Waals surface area (Å²) in [4.78, 5) is 12.9. The Labute approximate surface area is 169 Å². The first kappa shape index (κ1) is 19.5. The van der Waals surface area contributed by atoms with E-state index >= 15 is 0 Å². The van der Waals surface area contributed by atoms with Gasteiger partial charge in [-0.3, -0.25) is 4.79 Å². The molecule has 0 unspecified atom stereocenters. The van der Waals surface area contributed by atoms with Crippen molar-refractivity contribution in [3.63, 3.8) is 0 Å². The second-order valence-corrected chi connectivity index (χ2v) is 7.07. The van der Waals surface area contributed by atoms with Crippen LogP contribution in [0.5, 0.6) is 0 Å². The molecule has 0 aliphatic carbocycles. The van der Waals surface area contributed by atoms with Crippen LogP contribution in [0.15, 0.2) is 47.7 Å². The third kappa shape index (κ3) is 4.21. The first-order valence-corrected chi connectivity index (χ1v) is 8.92. The van der Waals surface area contributed by atoms with E-state index in [0.717, 1.165) is 12.1 Å². The number of nitrogens with one attached hydrogen (secondary N) is 3. The Morgan fingerprint density at radius 1 is 1.15 bits per heavy atom. The molecule has 3 rings (SSSR count). The lowest BCUT2D eigenvalue weighted by atomic mass is 9.95. The Morgan fingerprint density at radius 2 is 1.89 bits per heavy atom. The summed E-state index contributed by atoms with van der Waals surface area (Å²) in [5.41, 5.74) is 1.53. The maximum atomic E-state index is 13.4. The molecule has 0 bridgehead atoms. The van der Waals surface area contributed by atoms with Crippen LogP contribution in [0.4, 0.5) is 14.5 Å². The molecule has 1 aliphatic rings. The molecule has 3 N–H and O–H groups in total. The molecule has 1 atom stereocenters. The molecule has 1 heterocycles. The van der Waals surface area contributed by atoms with E-state index in [-0.39, 0.29) is 5.69 Å². The number of hydrogen-bond donors (Lipinski definition) is 3. The predicted molar refractivity (Wildman–Crippen MR) is 106 cm³/mol. The highest BCUT2D eigenvalue weighted by Crippen LogP contribution is 2.33. The van der Waals surface area contributed by atoms with Crippen LogP contribution in [0.1, 0.15) is 18.5 Å². The zero-order valence-electron chi connectivity index (χ0n) is 13.9. The van der Waals surface area contributed by atoms with Crippen molar-refractivity contribution in [2.75, 3.05) is 5.32 Å². The van der Waals surface area contributed by atoms with Crippen molar-refractivity contribution in [1.29, 1.82) is 0 Å². The fraction of sp³-hybridized carbons (Fsp3) is 0.111. The van der Waals surface area contributed by atoms with Crippen LogP contribution in [0.2, 0.25) is 10.0 Å². The van der Waals surface area contributed by atoms with Crippen LogP contribution in [-0.2, 0) is 4.79 Å². The third-order valence-corrected chi connectivity index (χ3v) is 4.75. The largest absolute Gasteiger partial charge is 0.351 e. The van der Waals surface area contributed by atoms with Gasteiger partial charge in [0.2, 0.25) is 0 Å². The van der Waals surface area contributed by atoms with E-state index in [9.17, 15) is 13.6 Å². The summed E-state index contributed by atoms with van der Waals surface area (Å²) in [7, 11) is 0. The fourth-order valence-corrected chi connectivity index (χ4v) is 3.52. The van der Waals surface area contributed by atoms with Gasteiger partial charge < -0.3 is 16.0 Å². The second kappa shape index (κ2) is 7.80. The Bertz CT molecular complexity index is 981. The molecular formula is C18H13Cl2F2N3OS. The van der Waals surface area contributed by atoms with Crippen LogP contribution in [0, 0.1) is 11.6 Å². The van der Waals surface area contributed by atoms with Gasteiger partial charge in [0, 0.05) is 27.5 Å². The van der Waals surface area contributed by atoms with E-state index in [1.54, 1.807) is 25.1 Å². The van der Waals surface area contributed by atoms with Crippen molar-refractivity contribution >= 4 is 52.1 Å². The number of amides is 1. The number of halogens is 4. The normalized spacial score (nSPS) is 16.6. The summed E-state index contributed by atoms with van der Waals surface area (Å²) in [6.45, 7) is 1.68. The molecule has 1 aliphatic heterocycles. The van der Waals surface area contributed by atoms with Gasteiger partial charge >= 0.3 is 0 Å². The molecular weight excluding hydrogens is 415 g/mol. The summed E-state index contributed by atoms with van der Waals surface area (Å²) < 4.78 is 26.5. The van der Waals surface area contributed by atoms with Crippen molar-refractivity contribution in [3.05, 3.63) is 74.9 Å². The average Bonchev–Trinajstić information content (AvgIpc) is 2.57. The highest BCUT2D eigenvalue weighted by molar-refractivity contribution is 7.80. The first-order chi connectivity index (χ1) is 12.8. The van der Waals surface area contributed by atoms with E-state index in [0.29, 0.717) is 32.0 Å². The van der Waals surface area contributed by atoms with Crippen molar-refractivity contribution in [2.24, 2.45) is 0 Å². The minimum Gasteiger partial charge on any atom is -0.351 e. The molecule has 4 nitrogen and oxygen atoms in total. The minimum absolute atomic E-state index is 0.119. The van der Waals surface area contributed by atoms with Gasteiger partial charge in [-0.05, 0) is 49.0 Å². The van der Waals surface area contributed by atoms with Crippen LogP contribution in [0.25, 0.3) is 0 Å². The quantitative estimate of drug-likeness (QED) is 0.621. The van der Waals surface area contributed by atoms with E-state index in [1.165, 1.54) is 6.07 Å². The van der Waals surface area contributed by atoms with Crippen LogP contribution < -0.4 is 16.0 Å². The fourth-order valence-electron chi connectivity index (χ4n) is 2.74.